The quantitative estimate of drug-likeness (QED) is 0.533. The predicted octanol–water partition coefficient (Wildman–Crippen LogP) is 2.90. The lowest BCUT2D eigenvalue weighted by Gasteiger charge is -2.35. The Hall–Kier alpha value is -2.91. The van der Waals surface area contributed by atoms with Crippen molar-refractivity contribution < 1.29 is 19.1 Å². The summed E-state index contributed by atoms with van der Waals surface area (Å²) in [6.07, 6.45) is 2.60. The maximum atomic E-state index is 13.5. The van der Waals surface area contributed by atoms with Crippen molar-refractivity contribution in [1.82, 2.24) is 25.3 Å². The molecule has 4 rings (SSSR count). The summed E-state index contributed by atoms with van der Waals surface area (Å²) in [6, 6.07) is 10.4. The van der Waals surface area contributed by atoms with E-state index in [1.54, 1.807) is 0 Å². The molecule has 2 aromatic rings. The average Bonchev–Trinajstić information content (AvgIpc) is 3.59. The molecule has 2 amide bonds. The Kier molecular flexibility index (Phi) is 8.07. The molecule has 0 spiro atoms. The second-order valence-electron chi connectivity index (χ2n) is 9.58. The molecule has 1 aromatic heterocycles. The van der Waals surface area contributed by atoms with E-state index in [-0.39, 0.29) is 24.1 Å². The number of carbonyl (C=O) groups excluding carboxylic acids is 2. The van der Waals surface area contributed by atoms with Crippen LogP contribution in [0.25, 0.3) is 5.69 Å². The molecule has 9 nitrogen and oxygen atoms in total. The van der Waals surface area contributed by atoms with Gasteiger partial charge in [0.05, 0.1) is 30.6 Å². The Morgan fingerprint density at radius 3 is 2.80 bits per heavy atom. The van der Waals surface area contributed by atoms with Crippen LogP contribution in [0.3, 0.4) is 0 Å². The van der Waals surface area contributed by atoms with Gasteiger partial charge in [-0.05, 0) is 70.2 Å². The minimum Gasteiger partial charge on any atom is -0.453 e. The van der Waals surface area contributed by atoms with Gasteiger partial charge in [-0.3, -0.25) is 4.79 Å². The van der Waals surface area contributed by atoms with Crippen molar-refractivity contribution in [3.63, 3.8) is 0 Å². The second-order valence-corrected chi connectivity index (χ2v) is 9.58. The number of aryl methyl sites for hydroxylation is 2. The lowest BCUT2D eigenvalue weighted by atomic mass is 10.1. The number of hydrogen-bond donors (Lipinski definition) is 2. The van der Waals surface area contributed by atoms with E-state index in [1.165, 1.54) is 7.11 Å². The number of carbonyl (C=O) groups is 2. The Morgan fingerprint density at radius 1 is 1.31 bits per heavy atom. The van der Waals surface area contributed by atoms with Gasteiger partial charge in [-0.15, -0.1) is 0 Å². The number of alkyl carbamates (subject to hydrolysis) is 1. The molecule has 2 fully saturated rings. The lowest BCUT2D eigenvalue weighted by molar-refractivity contribution is -0.152. The third-order valence-electron chi connectivity index (χ3n) is 6.59. The van der Waals surface area contributed by atoms with E-state index in [4.69, 9.17) is 9.84 Å². The van der Waals surface area contributed by atoms with Gasteiger partial charge >= 0.3 is 6.09 Å². The fraction of sp³-hybridized carbons (Fsp3) is 0.577. The zero-order valence-electron chi connectivity index (χ0n) is 21.1. The smallest absolute Gasteiger partial charge is 0.406 e. The molecule has 1 saturated carbocycles. The summed E-state index contributed by atoms with van der Waals surface area (Å²) >= 11 is 0. The van der Waals surface area contributed by atoms with Crippen LogP contribution < -0.4 is 10.6 Å². The van der Waals surface area contributed by atoms with Crippen LogP contribution in [-0.4, -0.2) is 71.7 Å². The van der Waals surface area contributed by atoms with Gasteiger partial charge in [0.1, 0.15) is 6.10 Å². The number of ether oxygens (including phenoxy) is 2. The van der Waals surface area contributed by atoms with E-state index in [0.29, 0.717) is 13.1 Å². The topological polar surface area (TPSA) is 97.7 Å². The summed E-state index contributed by atoms with van der Waals surface area (Å²) in [4.78, 5) is 26.9. The van der Waals surface area contributed by atoms with E-state index in [1.807, 2.05) is 28.6 Å². The van der Waals surface area contributed by atoms with Crippen molar-refractivity contribution >= 4 is 12.0 Å². The van der Waals surface area contributed by atoms with Crippen molar-refractivity contribution in [2.24, 2.45) is 0 Å². The van der Waals surface area contributed by atoms with Gasteiger partial charge < -0.3 is 25.0 Å². The molecule has 0 bridgehead atoms. The third-order valence-corrected chi connectivity index (χ3v) is 6.59. The highest BCUT2D eigenvalue weighted by molar-refractivity contribution is 5.82. The van der Waals surface area contributed by atoms with Crippen LogP contribution >= 0.6 is 0 Å². The maximum Gasteiger partial charge on any atom is 0.406 e. The molecule has 9 heteroatoms. The van der Waals surface area contributed by atoms with Gasteiger partial charge in [-0.25, -0.2) is 9.48 Å². The van der Waals surface area contributed by atoms with Gasteiger partial charge in [0.15, 0.2) is 0 Å². The number of nitrogens with zero attached hydrogens (tertiary/aromatic N) is 3. The second kappa shape index (κ2) is 11.2. The molecule has 1 aliphatic heterocycles. The van der Waals surface area contributed by atoms with Gasteiger partial charge in [0.2, 0.25) is 0 Å². The van der Waals surface area contributed by atoms with E-state index >= 15 is 0 Å². The molecule has 0 unspecified atom stereocenters. The summed E-state index contributed by atoms with van der Waals surface area (Å²) in [7, 11) is 1.36. The third kappa shape index (κ3) is 6.21. The van der Waals surface area contributed by atoms with E-state index in [2.05, 4.69) is 47.4 Å². The fourth-order valence-corrected chi connectivity index (χ4v) is 4.63. The number of nitrogens with one attached hydrogen (secondary N) is 2. The highest BCUT2D eigenvalue weighted by Crippen LogP contribution is 2.35. The normalized spacial score (nSPS) is 20.8. The molecule has 2 aliphatic rings. The van der Waals surface area contributed by atoms with Crippen LogP contribution in [0.15, 0.2) is 30.3 Å². The molecule has 2 N–H and O–H groups in total. The monoisotopic (exact) mass is 483 g/mol. The first kappa shape index (κ1) is 25.2. The van der Waals surface area contributed by atoms with E-state index < -0.39 is 12.2 Å². The van der Waals surface area contributed by atoms with Crippen LogP contribution in [0.4, 0.5) is 4.79 Å². The molecule has 3 atom stereocenters. The number of amides is 2. The lowest BCUT2D eigenvalue weighted by Crippen LogP contribution is -2.53. The van der Waals surface area contributed by atoms with Crippen molar-refractivity contribution in [2.75, 3.05) is 26.7 Å². The largest absolute Gasteiger partial charge is 0.453 e. The Morgan fingerprint density at radius 2 is 2.11 bits per heavy atom. The minimum absolute atomic E-state index is 0.0137. The molecule has 35 heavy (non-hydrogen) atoms. The van der Waals surface area contributed by atoms with Gasteiger partial charge in [-0.1, -0.05) is 12.1 Å². The number of methoxy groups -OCH3 is 1. The van der Waals surface area contributed by atoms with Crippen LogP contribution in [0.2, 0.25) is 0 Å². The van der Waals surface area contributed by atoms with Crippen LogP contribution in [0.5, 0.6) is 0 Å². The standard InChI is InChI=1S/C26H37N5O4/c1-17-7-5-8-21(13-17)31-22(9-6-12-28-26(33)34-4)14-23(29-31)19(3)30(20-10-11-20)25(32)24-16-27-15-18(2)35-24/h5,7-8,13-14,18-20,24,27H,6,9-12,15-16H2,1-4H3,(H,28,33)/t18-,19-,24-/m1/s1. The molecule has 1 aromatic carbocycles. The van der Waals surface area contributed by atoms with E-state index in [9.17, 15) is 9.59 Å². The van der Waals surface area contributed by atoms with Crippen LogP contribution in [-0.2, 0) is 20.7 Å². The zero-order chi connectivity index (χ0) is 24.9. The highest BCUT2D eigenvalue weighted by Gasteiger charge is 2.41. The number of aromatic nitrogens is 2. The Bertz CT molecular complexity index is 1030. The number of rotatable bonds is 9. The first-order chi connectivity index (χ1) is 16.9. The maximum absolute atomic E-state index is 13.5. The van der Waals surface area contributed by atoms with Crippen molar-refractivity contribution in [1.29, 1.82) is 0 Å². The Labute approximate surface area is 207 Å². The first-order valence-corrected chi connectivity index (χ1v) is 12.5. The predicted molar refractivity (Wildman–Crippen MR) is 133 cm³/mol. The molecule has 0 radical (unpaired) electrons. The van der Waals surface area contributed by atoms with E-state index in [0.717, 1.165) is 54.9 Å². The number of benzene rings is 1. The molecule has 1 aliphatic carbocycles. The summed E-state index contributed by atoms with van der Waals surface area (Å²) in [5.41, 5.74) is 4.03. The molecular weight excluding hydrogens is 446 g/mol. The zero-order valence-corrected chi connectivity index (χ0v) is 21.1. The summed E-state index contributed by atoms with van der Waals surface area (Å²) in [6.45, 7) is 7.91. The molecule has 1 saturated heterocycles. The van der Waals surface area contributed by atoms with Gasteiger partial charge in [0, 0.05) is 31.4 Å². The molecular formula is C26H37N5O4. The first-order valence-electron chi connectivity index (χ1n) is 12.5. The van der Waals surface area contributed by atoms with Crippen molar-refractivity contribution in [3.05, 3.63) is 47.3 Å². The van der Waals surface area contributed by atoms with Crippen molar-refractivity contribution in [3.8, 4) is 5.69 Å². The minimum atomic E-state index is -0.468. The van der Waals surface area contributed by atoms with Crippen molar-refractivity contribution in [2.45, 2.75) is 70.7 Å². The number of hydrogen-bond acceptors (Lipinski definition) is 6. The van der Waals surface area contributed by atoms with Gasteiger partial charge in [0.25, 0.3) is 5.91 Å². The van der Waals surface area contributed by atoms with Gasteiger partial charge in [-0.2, -0.15) is 5.10 Å². The number of morpholine rings is 1. The van der Waals surface area contributed by atoms with Crippen LogP contribution in [0.1, 0.15) is 56.1 Å². The summed E-state index contributed by atoms with van der Waals surface area (Å²) < 4.78 is 12.6. The Balaban J connectivity index is 1.57. The summed E-state index contributed by atoms with van der Waals surface area (Å²) in [5.74, 6) is 0.0352. The SMILES string of the molecule is COC(=O)NCCCc1cc([C@@H](C)N(C(=O)[C@H]2CNC[C@@H](C)O2)C2CC2)nn1-c1cccc(C)c1. The molecule has 2 heterocycles. The fourth-order valence-electron chi connectivity index (χ4n) is 4.63. The average molecular weight is 484 g/mol. The highest BCUT2D eigenvalue weighted by atomic mass is 16.5. The summed E-state index contributed by atoms with van der Waals surface area (Å²) in [5, 5.41) is 11.0. The van der Waals surface area contributed by atoms with Crippen LogP contribution in [0, 0.1) is 6.92 Å². The molecule has 190 valence electrons.